The minimum Gasteiger partial charge on any atom is -0.497 e. The Morgan fingerprint density at radius 2 is 0.807 bits per heavy atom. The number of rotatable bonds is 24. The molecule has 8 heterocycles. The summed E-state index contributed by atoms with van der Waals surface area (Å²) < 4.78 is 281. The van der Waals surface area contributed by atoms with Crippen LogP contribution in [0.3, 0.4) is 0 Å². The SMILES string of the molecule is COc1ccc(CN(C)c2nc(Nc3ccc(P(C)(C)=O)cc3)ncc2C(F)(F)F)cc1OC.COc1ccc2c(c1)CN(c1nc(Nc3ccc(P(C)(C)=O)cc3)ncc1C(F)(F)F)CC2.CP(C)(=O)c1ccc(Nc2ncc(C(F)(F)F)c(-c3csc4ccccc34)n2)cc1.CP(C)(=O)c1ccc(Nc2ncc(C(F)(F)F)c(Cl)n2)cc1.Cn1ccc2ccc(-c3nc(Nc4ccc(P(C)(C)=O)cc4)ncc3C(F)(F)F)cc21. The van der Waals surface area contributed by atoms with Gasteiger partial charge in [0.2, 0.25) is 29.7 Å². The summed E-state index contributed by atoms with van der Waals surface area (Å²) in [6.07, 6.45) is -16.8. The van der Waals surface area contributed by atoms with E-state index in [4.69, 9.17) is 25.8 Å². The number of anilines is 12. The maximum absolute atomic E-state index is 13.8. The number of hydrogen-bond donors (Lipinski definition) is 5. The number of fused-ring (bicyclic) bond motifs is 3. The summed E-state index contributed by atoms with van der Waals surface area (Å²) in [5, 5.41) is 20.6. The molecule has 0 spiro atoms. The molecule has 0 bridgehead atoms. The smallest absolute Gasteiger partial charge is 0.421 e. The summed E-state index contributed by atoms with van der Waals surface area (Å²) in [6, 6.07) is 59.0. The van der Waals surface area contributed by atoms with Crippen LogP contribution in [-0.4, -0.2) is 156 Å². The van der Waals surface area contributed by atoms with E-state index in [1.165, 1.54) is 37.5 Å². The molecule has 0 fully saturated rings. The number of hydrogen-bond acceptors (Lipinski definition) is 26. The lowest BCUT2D eigenvalue weighted by atomic mass is 9.99. The van der Waals surface area contributed by atoms with Crippen molar-refractivity contribution in [3.05, 3.63) is 298 Å². The number of benzene rings is 9. The molecule has 150 heavy (non-hydrogen) atoms. The van der Waals surface area contributed by atoms with E-state index in [1.54, 1.807) is 254 Å². The Balaban J connectivity index is 0.000000157. The van der Waals surface area contributed by atoms with Gasteiger partial charge in [-0.1, -0.05) is 54.1 Å². The summed E-state index contributed by atoms with van der Waals surface area (Å²) >= 11 is 6.88. The van der Waals surface area contributed by atoms with E-state index in [0.29, 0.717) is 113 Å². The maximum atomic E-state index is 13.8. The molecule has 9 aromatic carbocycles. The van der Waals surface area contributed by atoms with Crippen LogP contribution in [0.2, 0.25) is 5.15 Å². The standard InChI is InChI=1S/C23H26F3N4O3P.C23H24F3N4O2P.C22H20F3N4OP.C21H17F3N3OPS.C13H12ClF3N3OP/c1-30(14-15-6-11-19(32-2)20(12-15)33-3)21-18(23(24,25)26)13-27-22(29-21)28-16-7-9-17(10-8-16)34(4,5)31;1-32-18-7-4-15-10-11-30(14-16(15)12-18)21-20(23(24,25)26)13-27-22(29-21)28-17-5-8-19(9-6-17)33(2,3)31;1-29-11-10-14-4-5-15(12-19(14)29)20-18(22(23,24)25)13-26-21(28-20)27-16-6-8-17(9-7-16)31(2,3)30;1-29(2,28)14-9-7-13(8-10-14)26-20-25-11-17(21(22,23)24)19(27-20)16-12-30-18-6-4-3-5-15(16)18;1-22(2,21)9-5-3-8(4-6-9)19-12-18-7-10(11(14)20-12)13(15,16)17/h6-13H,14H2,1-5H3,(H,27,28,29);4-9,12-13H,10-11,14H2,1-3H3,(H,27,28,29);4-13H,1-3H3,(H,26,27,28);3-12H,1-2H3,(H,25,26,27);3-7H,1-2H3,(H,18,19,20). The number of thiophene rings is 1. The highest BCUT2D eigenvalue weighted by atomic mass is 35.5. The molecule has 48 heteroatoms. The fourth-order valence-electron chi connectivity index (χ4n) is 15.0. The quantitative estimate of drug-likeness (QED) is 0.0213. The molecule has 0 saturated heterocycles. The number of aryl methyl sites for hydroxylation is 1. The van der Waals surface area contributed by atoms with Crippen LogP contribution < -0.4 is 77.1 Å². The van der Waals surface area contributed by atoms with Gasteiger partial charge in [-0.15, -0.1) is 11.3 Å². The largest absolute Gasteiger partial charge is 0.497 e. The summed E-state index contributed by atoms with van der Waals surface area (Å²) in [4.78, 5) is 42.4. The lowest BCUT2D eigenvalue weighted by Gasteiger charge is -2.31. The highest BCUT2D eigenvalue weighted by Gasteiger charge is 2.42. The number of halogens is 16. The van der Waals surface area contributed by atoms with Crippen LogP contribution in [0.5, 0.6) is 17.2 Å². The van der Waals surface area contributed by atoms with Crippen LogP contribution in [0.15, 0.2) is 249 Å². The number of alkyl halides is 15. The number of ether oxygens (including phenoxy) is 3. The average Bonchev–Trinajstić information content (AvgIpc) is 1.66. The predicted octanol–water partition coefficient (Wildman–Crippen LogP) is 26.4. The number of aromatic nitrogens is 11. The fourth-order valence-corrected chi connectivity index (χ4v) is 20.6. The first-order chi connectivity index (χ1) is 70.2. The van der Waals surface area contributed by atoms with Gasteiger partial charge in [0.25, 0.3) is 0 Å². The highest BCUT2D eigenvalue weighted by molar-refractivity contribution is 7.71. The third kappa shape index (κ3) is 29.5. The molecule has 16 aromatic rings. The monoisotopic (exact) mass is 2210 g/mol. The van der Waals surface area contributed by atoms with Crippen LogP contribution in [0.4, 0.5) is 136 Å². The van der Waals surface area contributed by atoms with Crippen molar-refractivity contribution in [1.29, 1.82) is 0 Å². The van der Waals surface area contributed by atoms with Crippen LogP contribution in [-0.2, 0) is 80.3 Å². The van der Waals surface area contributed by atoms with E-state index < -0.39 is 99.6 Å². The average molecular weight is 2210 g/mol. The zero-order valence-corrected chi connectivity index (χ0v) is 88.8. The summed E-state index contributed by atoms with van der Waals surface area (Å²) in [7, 11) is -4.07. The number of nitrogens with one attached hydrogen (secondary N) is 5. The molecule has 0 amide bonds. The lowest BCUT2D eigenvalue weighted by molar-refractivity contribution is -0.138. The van der Waals surface area contributed by atoms with Crippen molar-refractivity contribution in [2.45, 2.75) is 50.4 Å². The minimum atomic E-state index is -4.63. The summed E-state index contributed by atoms with van der Waals surface area (Å²) in [5.74, 6) is 1.31. The molecule has 0 unspecified atom stereocenters. The van der Waals surface area contributed by atoms with Gasteiger partial charge in [0.15, 0.2) is 11.5 Å². The molecule has 1 aliphatic rings. The van der Waals surface area contributed by atoms with Crippen LogP contribution in [0.1, 0.15) is 44.5 Å². The van der Waals surface area contributed by atoms with Gasteiger partial charge < -0.3 is 78.0 Å². The van der Waals surface area contributed by atoms with E-state index in [0.717, 1.165) is 51.5 Å². The van der Waals surface area contributed by atoms with Crippen molar-refractivity contribution in [3.8, 4) is 39.8 Å². The Labute approximate surface area is 861 Å². The van der Waals surface area contributed by atoms with Gasteiger partial charge in [0, 0.05) is 158 Å². The summed E-state index contributed by atoms with van der Waals surface area (Å²) in [5.41, 5.74) is 2.06. The van der Waals surface area contributed by atoms with Crippen molar-refractivity contribution in [3.63, 3.8) is 0 Å². The van der Waals surface area contributed by atoms with Crippen LogP contribution in [0.25, 0.3) is 43.5 Å². The molecule has 7 aromatic heterocycles. The Bertz CT molecular complexity index is 7810. The van der Waals surface area contributed by atoms with Gasteiger partial charge in [-0.25, -0.2) is 39.9 Å². The second-order valence-electron chi connectivity index (χ2n) is 36.0. The molecular formula is C102H99ClF15N18O8P5S. The third-order valence-corrected chi connectivity index (χ3v) is 31.9. The van der Waals surface area contributed by atoms with Crippen molar-refractivity contribution in [2.75, 3.05) is 138 Å². The van der Waals surface area contributed by atoms with Gasteiger partial charge in [-0.2, -0.15) is 75.8 Å². The minimum absolute atomic E-state index is 0.00564. The Morgan fingerprint density at radius 3 is 1.23 bits per heavy atom. The number of methoxy groups -OCH3 is 3. The molecule has 0 radical (unpaired) electrons. The lowest BCUT2D eigenvalue weighted by Crippen LogP contribution is -2.33. The molecule has 0 atom stereocenters. The van der Waals surface area contributed by atoms with Crippen molar-refractivity contribution < 1.29 is 103 Å². The second-order valence-corrected chi connectivity index (χ2v) is 53.3. The first-order valence-electron chi connectivity index (χ1n) is 45.0. The van der Waals surface area contributed by atoms with E-state index in [9.17, 15) is 88.7 Å². The molecule has 0 saturated carbocycles. The highest BCUT2D eigenvalue weighted by Crippen LogP contribution is 2.47. The Morgan fingerprint density at radius 1 is 0.407 bits per heavy atom. The molecule has 788 valence electrons. The molecule has 1 aliphatic heterocycles. The van der Waals surface area contributed by atoms with Crippen LogP contribution in [0, 0.1) is 0 Å². The Hall–Kier alpha value is -13.7. The van der Waals surface area contributed by atoms with E-state index in [2.05, 4.69) is 76.4 Å². The fraction of sp³-hybridized carbons (Fsp3) is 0.235. The van der Waals surface area contributed by atoms with Gasteiger partial charge in [0.05, 0.1) is 32.7 Å². The van der Waals surface area contributed by atoms with Gasteiger partial charge in [0.1, 0.15) is 86.1 Å². The molecular weight excluding hydrogens is 2110 g/mol. The van der Waals surface area contributed by atoms with Gasteiger partial charge in [-0.3, -0.25) is 0 Å². The zero-order valence-electron chi connectivity index (χ0n) is 82.8. The summed E-state index contributed by atoms with van der Waals surface area (Å²) in [6.45, 7) is 17.5. The van der Waals surface area contributed by atoms with Gasteiger partial charge >= 0.3 is 30.9 Å². The normalized spacial score (nSPS) is 12.6. The molecule has 26 nitrogen and oxygen atoms in total. The van der Waals surface area contributed by atoms with Crippen molar-refractivity contribution in [2.24, 2.45) is 7.05 Å². The second kappa shape index (κ2) is 46.0. The van der Waals surface area contributed by atoms with Gasteiger partial charge in [-0.05, 0) is 259 Å². The molecule has 0 aliphatic carbocycles. The molecule has 17 rings (SSSR count). The maximum Gasteiger partial charge on any atom is 0.421 e. The van der Waals surface area contributed by atoms with Crippen molar-refractivity contribution >= 4 is 176 Å². The van der Waals surface area contributed by atoms with E-state index in [-0.39, 0.29) is 65.9 Å². The zero-order chi connectivity index (χ0) is 109. The first-order valence-corrected chi connectivity index (χ1v) is 59.3. The Kier molecular flexibility index (Phi) is 34.8. The first kappa shape index (κ1) is 113. The topological polar surface area (TPSA) is 313 Å². The van der Waals surface area contributed by atoms with E-state index >= 15 is 0 Å². The molecule has 5 N–H and O–H groups in total. The van der Waals surface area contributed by atoms with Crippen molar-refractivity contribution in [1.82, 2.24) is 54.4 Å². The van der Waals surface area contributed by atoms with E-state index in [1.807, 2.05) is 54.2 Å². The number of nitrogens with zero attached hydrogens (tertiary/aromatic N) is 13. The predicted molar refractivity (Wildman–Crippen MR) is 566 cm³/mol. The third-order valence-electron chi connectivity index (χ3n) is 23.0. The van der Waals surface area contributed by atoms with Crippen LogP contribution >= 0.6 is 58.6 Å².